The van der Waals surface area contributed by atoms with Gasteiger partial charge in [-0.25, -0.2) is 9.97 Å². The van der Waals surface area contributed by atoms with Crippen LogP contribution in [0, 0.1) is 0 Å². The van der Waals surface area contributed by atoms with E-state index in [-0.39, 0.29) is 5.91 Å². The maximum atomic E-state index is 11.5. The first-order valence-corrected chi connectivity index (χ1v) is 10.6. The minimum atomic E-state index is -0.233. The average Bonchev–Trinajstić information content (AvgIpc) is 3.31. The molecule has 0 saturated carbocycles. The standard InChI is InChI=1S/C25H25N5O4/c1-5-23(31)26-9-10-30-14-19(24(29-30)16-7-6-8-17(11-16)32-2)25-18-12-21(33-3)22(34-4)13-20(18)27-15-28-25/h5-8,11-15H,1,9-10H2,2-4H3,(H,26,31). The molecule has 4 rings (SSSR count). The third-order valence-electron chi connectivity index (χ3n) is 5.33. The predicted molar refractivity (Wildman–Crippen MR) is 129 cm³/mol. The number of amides is 1. The zero-order valence-corrected chi connectivity index (χ0v) is 19.2. The molecule has 174 valence electrons. The molecule has 2 aromatic heterocycles. The molecular formula is C25H25N5O4. The average molecular weight is 460 g/mol. The van der Waals surface area contributed by atoms with Crippen LogP contribution >= 0.6 is 0 Å². The first-order chi connectivity index (χ1) is 16.6. The van der Waals surface area contributed by atoms with E-state index in [0.29, 0.717) is 35.8 Å². The summed E-state index contributed by atoms with van der Waals surface area (Å²) in [6.07, 6.45) is 4.67. The summed E-state index contributed by atoms with van der Waals surface area (Å²) in [5, 5.41) is 8.37. The van der Waals surface area contributed by atoms with Crippen molar-refractivity contribution >= 4 is 16.8 Å². The van der Waals surface area contributed by atoms with Gasteiger partial charge in [0.1, 0.15) is 17.8 Å². The summed E-state index contributed by atoms with van der Waals surface area (Å²) in [6.45, 7) is 4.35. The summed E-state index contributed by atoms with van der Waals surface area (Å²) < 4.78 is 18.1. The molecule has 0 unspecified atom stereocenters. The van der Waals surface area contributed by atoms with Gasteiger partial charge in [0.2, 0.25) is 5.91 Å². The van der Waals surface area contributed by atoms with Crippen molar-refractivity contribution in [1.29, 1.82) is 0 Å². The lowest BCUT2D eigenvalue weighted by atomic mass is 10.0. The first kappa shape index (κ1) is 22.8. The summed E-state index contributed by atoms with van der Waals surface area (Å²) in [5.41, 5.74) is 3.82. The summed E-state index contributed by atoms with van der Waals surface area (Å²) in [6, 6.07) is 11.4. The summed E-state index contributed by atoms with van der Waals surface area (Å²) >= 11 is 0. The van der Waals surface area contributed by atoms with E-state index in [2.05, 4.69) is 21.9 Å². The lowest BCUT2D eigenvalue weighted by molar-refractivity contribution is -0.116. The zero-order chi connectivity index (χ0) is 24.1. The smallest absolute Gasteiger partial charge is 0.243 e. The van der Waals surface area contributed by atoms with E-state index in [4.69, 9.17) is 19.3 Å². The number of aromatic nitrogens is 4. The van der Waals surface area contributed by atoms with Crippen molar-refractivity contribution in [3.05, 3.63) is 61.6 Å². The molecule has 0 atom stereocenters. The molecule has 0 fully saturated rings. The maximum absolute atomic E-state index is 11.5. The number of benzene rings is 2. The zero-order valence-electron chi connectivity index (χ0n) is 19.2. The molecule has 0 aliphatic heterocycles. The van der Waals surface area contributed by atoms with Crippen LogP contribution in [0.25, 0.3) is 33.4 Å². The van der Waals surface area contributed by atoms with E-state index in [0.717, 1.165) is 28.0 Å². The Morgan fingerprint density at radius 1 is 1.06 bits per heavy atom. The van der Waals surface area contributed by atoms with Crippen molar-refractivity contribution in [2.45, 2.75) is 6.54 Å². The SMILES string of the molecule is C=CC(=O)NCCn1cc(-c2ncnc3cc(OC)c(OC)cc23)c(-c2cccc(OC)c2)n1. The van der Waals surface area contributed by atoms with Gasteiger partial charge in [-0.1, -0.05) is 18.7 Å². The molecule has 0 spiro atoms. The Bertz CT molecular complexity index is 1350. The van der Waals surface area contributed by atoms with E-state index in [9.17, 15) is 4.79 Å². The van der Waals surface area contributed by atoms with Gasteiger partial charge in [-0.15, -0.1) is 0 Å². The molecule has 0 aliphatic carbocycles. The van der Waals surface area contributed by atoms with Crippen LogP contribution < -0.4 is 19.5 Å². The van der Waals surface area contributed by atoms with Gasteiger partial charge >= 0.3 is 0 Å². The molecule has 2 aromatic carbocycles. The van der Waals surface area contributed by atoms with Crippen molar-refractivity contribution in [3.8, 4) is 39.8 Å². The molecule has 1 amide bonds. The van der Waals surface area contributed by atoms with Crippen molar-refractivity contribution < 1.29 is 19.0 Å². The molecule has 2 heterocycles. The normalized spacial score (nSPS) is 10.7. The van der Waals surface area contributed by atoms with Gasteiger partial charge in [-0.05, 0) is 24.3 Å². The van der Waals surface area contributed by atoms with E-state index in [1.165, 1.54) is 12.4 Å². The Morgan fingerprint density at radius 2 is 1.85 bits per heavy atom. The van der Waals surface area contributed by atoms with E-state index >= 15 is 0 Å². The van der Waals surface area contributed by atoms with Gasteiger partial charge in [-0.3, -0.25) is 9.48 Å². The Hall–Kier alpha value is -4.40. The third-order valence-corrected chi connectivity index (χ3v) is 5.33. The van der Waals surface area contributed by atoms with Crippen LogP contribution in [0.4, 0.5) is 0 Å². The molecule has 4 aromatic rings. The first-order valence-electron chi connectivity index (χ1n) is 10.6. The molecule has 0 radical (unpaired) electrons. The highest BCUT2D eigenvalue weighted by molar-refractivity contribution is 5.97. The van der Waals surface area contributed by atoms with Gasteiger partial charge in [-0.2, -0.15) is 5.10 Å². The van der Waals surface area contributed by atoms with Crippen LogP contribution in [0.5, 0.6) is 17.2 Å². The molecule has 0 aliphatic rings. The van der Waals surface area contributed by atoms with Gasteiger partial charge in [0, 0.05) is 35.3 Å². The second kappa shape index (κ2) is 10.0. The fraction of sp³-hybridized carbons (Fsp3) is 0.200. The van der Waals surface area contributed by atoms with Crippen LogP contribution in [0.3, 0.4) is 0 Å². The van der Waals surface area contributed by atoms with Crippen molar-refractivity contribution in [2.24, 2.45) is 0 Å². The van der Waals surface area contributed by atoms with Crippen LogP contribution in [-0.2, 0) is 11.3 Å². The number of carbonyl (C=O) groups excluding carboxylic acids is 1. The number of rotatable bonds is 9. The summed E-state index contributed by atoms with van der Waals surface area (Å²) in [4.78, 5) is 20.5. The number of hydrogen-bond acceptors (Lipinski definition) is 7. The topological polar surface area (TPSA) is 100 Å². The molecular weight excluding hydrogens is 434 g/mol. The summed E-state index contributed by atoms with van der Waals surface area (Å²) in [7, 11) is 4.80. The highest BCUT2D eigenvalue weighted by Gasteiger charge is 2.19. The Morgan fingerprint density at radius 3 is 2.59 bits per heavy atom. The van der Waals surface area contributed by atoms with Crippen LogP contribution in [0.1, 0.15) is 0 Å². The molecule has 34 heavy (non-hydrogen) atoms. The molecule has 0 bridgehead atoms. The maximum Gasteiger partial charge on any atom is 0.243 e. The fourth-order valence-corrected chi connectivity index (χ4v) is 3.66. The van der Waals surface area contributed by atoms with Crippen molar-refractivity contribution in [1.82, 2.24) is 25.1 Å². The highest BCUT2D eigenvalue weighted by atomic mass is 16.5. The Labute approximate surface area is 197 Å². The predicted octanol–water partition coefficient (Wildman–Crippen LogP) is 3.49. The van der Waals surface area contributed by atoms with Crippen LogP contribution in [-0.4, -0.2) is 53.5 Å². The molecule has 9 nitrogen and oxygen atoms in total. The van der Waals surface area contributed by atoms with Crippen LogP contribution in [0.2, 0.25) is 0 Å². The lowest BCUT2D eigenvalue weighted by Crippen LogP contribution is -2.25. The number of fused-ring (bicyclic) bond motifs is 1. The monoisotopic (exact) mass is 459 g/mol. The van der Waals surface area contributed by atoms with E-state index < -0.39 is 0 Å². The highest BCUT2D eigenvalue weighted by Crippen LogP contribution is 2.38. The second-order valence-corrected chi connectivity index (χ2v) is 7.33. The summed E-state index contributed by atoms with van der Waals surface area (Å²) in [5.74, 6) is 1.65. The Kier molecular flexibility index (Phi) is 6.72. The van der Waals surface area contributed by atoms with Gasteiger partial charge in [0.15, 0.2) is 11.5 Å². The lowest BCUT2D eigenvalue weighted by Gasteiger charge is -2.11. The van der Waals surface area contributed by atoms with Crippen molar-refractivity contribution in [3.63, 3.8) is 0 Å². The van der Waals surface area contributed by atoms with Crippen molar-refractivity contribution in [2.75, 3.05) is 27.9 Å². The fourth-order valence-electron chi connectivity index (χ4n) is 3.66. The van der Waals surface area contributed by atoms with Gasteiger partial charge in [0.05, 0.1) is 39.1 Å². The molecule has 0 saturated heterocycles. The van der Waals surface area contributed by atoms with E-state index in [1.54, 1.807) is 26.0 Å². The van der Waals surface area contributed by atoms with Crippen LogP contribution in [0.15, 0.2) is 61.6 Å². The molecule has 1 N–H and O–H groups in total. The van der Waals surface area contributed by atoms with Gasteiger partial charge in [0.25, 0.3) is 0 Å². The molecule has 9 heteroatoms. The number of methoxy groups -OCH3 is 3. The largest absolute Gasteiger partial charge is 0.497 e. The Balaban J connectivity index is 1.86. The minimum Gasteiger partial charge on any atom is -0.497 e. The number of nitrogens with one attached hydrogen (secondary N) is 1. The quantitative estimate of drug-likeness (QED) is 0.383. The number of hydrogen-bond donors (Lipinski definition) is 1. The number of carbonyl (C=O) groups is 1. The minimum absolute atomic E-state index is 0.233. The second-order valence-electron chi connectivity index (χ2n) is 7.33. The van der Waals surface area contributed by atoms with Gasteiger partial charge < -0.3 is 19.5 Å². The number of nitrogens with zero attached hydrogens (tertiary/aromatic N) is 4. The van der Waals surface area contributed by atoms with E-state index in [1.807, 2.05) is 42.6 Å². The third kappa shape index (κ3) is 4.54. The number of ether oxygens (including phenoxy) is 3.